The van der Waals surface area contributed by atoms with Crippen molar-refractivity contribution in [2.45, 2.75) is 45.1 Å². The Balaban J connectivity index is 2.08. The number of ketones is 1. The molecule has 1 heterocycles. The van der Waals surface area contributed by atoms with Gasteiger partial charge in [0.2, 0.25) is 0 Å². The molecule has 3 heteroatoms. The highest BCUT2D eigenvalue weighted by Crippen LogP contribution is 2.26. The number of rotatable bonds is 4. The Kier molecular flexibility index (Phi) is 4.69. The maximum absolute atomic E-state index is 11.8. The van der Waals surface area contributed by atoms with Crippen molar-refractivity contribution in [3.8, 4) is 0 Å². The first-order valence-corrected chi connectivity index (χ1v) is 7.68. The van der Waals surface area contributed by atoms with Crippen LogP contribution in [0.25, 0.3) is 0 Å². The molecule has 1 aromatic carbocycles. The molecule has 0 unspecified atom stereocenters. The van der Waals surface area contributed by atoms with E-state index in [1.807, 2.05) is 13.8 Å². The lowest BCUT2D eigenvalue weighted by atomic mass is 9.40. The summed E-state index contributed by atoms with van der Waals surface area (Å²) in [4.78, 5) is 14.2. The van der Waals surface area contributed by atoms with E-state index in [-0.39, 0.29) is 11.2 Å². The Morgan fingerprint density at radius 2 is 1.95 bits per heavy atom. The van der Waals surface area contributed by atoms with Crippen LogP contribution in [-0.4, -0.2) is 37.5 Å². The maximum Gasteiger partial charge on any atom is 0.147 e. The molecule has 0 saturated carbocycles. The summed E-state index contributed by atoms with van der Waals surface area (Å²) in [6.45, 7) is 8.94. The second kappa shape index (κ2) is 6.13. The van der Waals surface area contributed by atoms with Gasteiger partial charge >= 0.3 is 0 Å². The summed E-state index contributed by atoms with van der Waals surface area (Å²) in [6, 6.07) is 8.63. The second-order valence-corrected chi connectivity index (χ2v) is 6.83. The van der Waals surface area contributed by atoms with Crippen molar-refractivity contribution in [3.05, 3.63) is 35.4 Å². The summed E-state index contributed by atoms with van der Waals surface area (Å²) in [5, 5.41) is 0. The van der Waals surface area contributed by atoms with Gasteiger partial charge in [0.15, 0.2) is 0 Å². The van der Waals surface area contributed by atoms with Crippen LogP contribution < -0.4 is 0 Å². The quantitative estimate of drug-likeness (QED) is 0.784. The standard InChI is InChI=1S/C17H26BNO/c1-14(20)17(2,3)16-7-5-6-15(12-16)13-18-8-10-19(4)11-9-18/h5-7,12H,8-11,13H2,1-4H3. The number of hydrogen-bond donors (Lipinski definition) is 0. The monoisotopic (exact) mass is 271 g/mol. The SMILES string of the molecule is CC(=O)C(C)(C)c1cccc(CB2CCN(C)CC2)c1. The minimum atomic E-state index is -0.372. The van der Waals surface area contributed by atoms with Crippen LogP contribution in [0.5, 0.6) is 0 Å². The number of carbonyl (C=O) groups is 1. The van der Waals surface area contributed by atoms with Gasteiger partial charge in [-0.15, -0.1) is 0 Å². The first-order chi connectivity index (χ1) is 9.39. The van der Waals surface area contributed by atoms with Gasteiger partial charge < -0.3 is 4.90 Å². The van der Waals surface area contributed by atoms with E-state index in [0.717, 1.165) is 18.6 Å². The summed E-state index contributed by atoms with van der Waals surface area (Å²) < 4.78 is 0. The summed E-state index contributed by atoms with van der Waals surface area (Å²) >= 11 is 0. The molecule has 0 aliphatic carbocycles. The Bertz CT molecular complexity index is 476. The van der Waals surface area contributed by atoms with E-state index in [2.05, 4.69) is 36.2 Å². The second-order valence-electron chi connectivity index (χ2n) is 6.83. The minimum Gasteiger partial charge on any atom is -0.308 e. The van der Waals surface area contributed by atoms with Crippen LogP contribution in [0.2, 0.25) is 12.6 Å². The lowest BCUT2D eigenvalue weighted by Gasteiger charge is -2.27. The van der Waals surface area contributed by atoms with Crippen LogP contribution in [0.15, 0.2) is 24.3 Å². The molecular weight excluding hydrogens is 245 g/mol. The summed E-state index contributed by atoms with van der Waals surface area (Å²) in [6.07, 6.45) is 3.73. The average molecular weight is 271 g/mol. The summed E-state index contributed by atoms with van der Waals surface area (Å²) in [5.41, 5.74) is 2.16. The fraction of sp³-hybridized carbons (Fsp3) is 0.588. The van der Waals surface area contributed by atoms with Gasteiger partial charge in [0.1, 0.15) is 12.5 Å². The molecule has 0 aromatic heterocycles. The summed E-state index contributed by atoms with van der Waals surface area (Å²) in [5.74, 6) is 0.231. The fourth-order valence-electron chi connectivity index (χ4n) is 2.89. The topological polar surface area (TPSA) is 20.3 Å². The molecule has 0 radical (unpaired) electrons. The van der Waals surface area contributed by atoms with Crippen LogP contribution >= 0.6 is 0 Å². The maximum atomic E-state index is 11.8. The Morgan fingerprint density at radius 3 is 2.55 bits per heavy atom. The van der Waals surface area contributed by atoms with Crippen molar-refractivity contribution in [1.82, 2.24) is 4.90 Å². The predicted molar refractivity (Wildman–Crippen MR) is 86.7 cm³/mol. The average Bonchev–Trinajstić information content (AvgIpc) is 2.41. The van der Waals surface area contributed by atoms with Gasteiger partial charge in [-0.1, -0.05) is 42.5 Å². The molecule has 108 valence electrons. The minimum absolute atomic E-state index is 0.231. The van der Waals surface area contributed by atoms with Gasteiger partial charge in [0.05, 0.1) is 0 Å². The highest BCUT2D eigenvalue weighted by Gasteiger charge is 2.26. The molecule has 2 nitrogen and oxygen atoms in total. The van der Waals surface area contributed by atoms with Crippen molar-refractivity contribution < 1.29 is 4.79 Å². The Hall–Kier alpha value is -1.09. The molecule has 0 bridgehead atoms. The highest BCUT2D eigenvalue weighted by molar-refractivity contribution is 6.58. The van der Waals surface area contributed by atoms with Crippen molar-refractivity contribution in [2.24, 2.45) is 0 Å². The van der Waals surface area contributed by atoms with Crippen LogP contribution in [0, 0.1) is 0 Å². The molecule has 1 fully saturated rings. The molecule has 0 spiro atoms. The van der Waals surface area contributed by atoms with Gasteiger partial charge in [0.25, 0.3) is 0 Å². The fourth-order valence-corrected chi connectivity index (χ4v) is 2.89. The van der Waals surface area contributed by atoms with Crippen molar-refractivity contribution in [3.63, 3.8) is 0 Å². The Labute approximate surface area is 123 Å². The molecule has 1 aliphatic heterocycles. The van der Waals surface area contributed by atoms with Gasteiger partial charge in [-0.2, -0.15) is 0 Å². The van der Waals surface area contributed by atoms with Crippen molar-refractivity contribution in [1.29, 1.82) is 0 Å². The highest BCUT2D eigenvalue weighted by atomic mass is 16.1. The number of nitrogens with zero attached hydrogens (tertiary/aromatic N) is 1. The van der Waals surface area contributed by atoms with Crippen molar-refractivity contribution in [2.75, 3.05) is 20.1 Å². The molecule has 1 saturated heterocycles. The zero-order chi connectivity index (χ0) is 14.8. The first-order valence-electron chi connectivity index (χ1n) is 7.68. The molecule has 1 aromatic rings. The first kappa shape index (κ1) is 15.3. The van der Waals surface area contributed by atoms with Crippen LogP contribution in [0.3, 0.4) is 0 Å². The van der Waals surface area contributed by atoms with Gasteiger partial charge in [-0.05, 0) is 52.8 Å². The third kappa shape index (κ3) is 3.51. The lowest BCUT2D eigenvalue weighted by molar-refractivity contribution is -0.121. The van der Waals surface area contributed by atoms with Crippen LogP contribution in [0.1, 0.15) is 31.9 Å². The van der Waals surface area contributed by atoms with E-state index in [4.69, 9.17) is 0 Å². The van der Waals surface area contributed by atoms with E-state index in [1.54, 1.807) is 6.92 Å². The van der Waals surface area contributed by atoms with Gasteiger partial charge in [0, 0.05) is 5.41 Å². The van der Waals surface area contributed by atoms with E-state index in [1.165, 1.54) is 31.3 Å². The third-order valence-corrected chi connectivity index (χ3v) is 4.89. The third-order valence-electron chi connectivity index (χ3n) is 4.89. The van der Waals surface area contributed by atoms with E-state index >= 15 is 0 Å². The molecule has 2 rings (SSSR count). The summed E-state index contributed by atoms with van der Waals surface area (Å²) in [7, 11) is 2.20. The normalized spacial score (nSPS) is 17.3. The molecular formula is C17H26BNO. The molecule has 0 N–H and O–H groups in total. The number of Topliss-reactive ketones (excluding diaryl/α,β-unsaturated/α-hetero) is 1. The van der Waals surface area contributed by atoms with Crippen LogP contribution in [0.4, 0.5) is 0 Å². The molecule has 20 heavy (non-hydrogen) atoms. The van der Waals surface area contributed by atoms with Crippen molar-refractivity contribution >= 4 is 12.5 Å². The van der Waals surface area contributed by atoms with E-state index in [9.17, 15) is 4.79 Å². The van der Waals surface area contributed by atoms with Gasteiger partial charge in [-0.3, -0.25) is 4.79 Å². The zero-order valence-corrected chi connectivity index (χ0v) is 13.3. The largest absolute Gasteiger partial charge is 0.308 e. The predicted octanol–water partition coefficient (Wildman–Crippen LogP) is 3.08. The number of benzene rings is 1. The molecule has 0 atom stereocenters. The van der Waals surface area contributed by atoms with Crippen LogP contribution in [-0.2, 0) is 16.5 Å². The Morgan fingerprint density at radius 1 is 1.30 bits per heavy atom. The van der Waals surface area contributed by atoms with Gasteiger partial charge in [-0.25, -0.2) is 0 Å². The zero-order valence-electron chi connectivity index (χ0n) is 13.3. The lowest BCUT2D eigenvalue weighted by Crippen LogP contribution is -2.35. The van der Waals surface area contributed by atoms with E-state index in [0.29, 0.717) is 0 Å². The van der Waals surface area contributed by atoms with E-state index < -0.39 is 0 Å². The smallest absolute Gasteiger partial charge is 0.147 e. The molecule has 1 aliphatic rings. The number of hydrogen-bond acceptors (Lipinski definition) is 2. The number of carbonyl (C=O) groups excluding carboxylic acids is 1. The molecule has 0 amide bonds.